The fraction of sp³-hybridized carbons (Fsp3) is 0.455. The number of fused-ring (bicyclic) bond motifs is 1. The molecule has 0 fully saturated rings. The average molecular weight is 425 g/mol. The molecule has 1 N–H and O–H groups in total. The molecule has 2 amide bonds. The fourth-order valence-corrected chi connectivity index (χ4v) is 3.64. The second-order valence-electron chi connectivity index (χ2n) is 7.83. The predicted octanol–water partition coefficient (Wildman–Crippen LogP) is 3.35. The Kier molecular flexibility index (Phi) is 6.03. The number of nitrogens with one attached hydrogen (secondary N) is 1. The van der Waals surface area contributed by atoms with Crippen molar-refractivity contribution in [3.05, 3.63) is 46.4 Å². The molecule has 9 nitrogen and oxygen atoms in total. The minimum absolute atomic E-state index is 0.176. The van der Waals surface area contributed by atoms with E-state index in [0.29, 0.717) is 43.6 Å². The molecule has 0 atom stereocenters. The number of urea groups is 1. The molecule has 0 saturated heterocycles. The standard InChI is InChI=1S/C22H28N6O3/c1-5-28-18-9-11-30-13-16(18)20(25-28)21-24-19(26-31-21)8-10-27(4)22(29)23-17-12-14(2)6-7-15(17)3/h6-7,12H,5,8-11,13H2,1-4H3,(H,23,29). The van der Waals surface area contributed by atoms with Gasteiger partial charge in [0.15, 0.2) is 11.5 Å². The Balaban J connectivity index is 1.40. The third-order valence-electron chi connectivity index (χ3n) is 5.52. The van der Waals surface area contributed by atoms with Gasteiger partial charge in [0.25, 0.3) is 5.89 Å². The molecular formula is C22H28N6O3. The van der Waals surface area contributed by atoms with Crippen LogP contribution in [0.5, 0.6) is 0 Å². The van der Waals surface area contributed by atoms with Gasteiger partial charge in [-0.3, -0.25) is 4.68 Å². The summed E-state index contributed by atoms with van der Waals surface area (Å²) in [4.78, 5) is 18.7. The molecular weight excluding hydrogens is 396 g/mol. The van der Waals surface area contributed by atoms with Gasteiger partial charge >= 0.3 is 6.03 Å². The lowest BCUT2D eigenvalue weighted by Gasteiger charge is -2.18. The van der Waals surface area contributed by atoms with E-state index >= 15 is 0 Å². The molecule has 1 aromatic carbocycles. The van der Waals surface area contributed by atoms with Crippen LogP contribution in [0.2, 0.25) is 0 Å². The van der Waals surface area contributed by atoms with Gasteiger partial charge in [-0.25, -0.2) is 4.79 Å². The molecule has 1 aliphatic heterocycles. The number of nitrogens with zero attached hydrogens (tertiary/aromatic N) is 5. The summed E-state index contributed by atoms with van der Waals surface area (Å²) in [6, 6.07) is 5.81. The lowest BCUT2D eigenvalue weighted by molar-refractivity contribution is 0.109. The van der Waals surface area contributed by atoms with Crippen molar-refractivity contribution >= 4 is 11.7 Å². The van der Waals surface area contributed by atoms with Crippen molar-refractivity contribution in [3.8, 4) is 11.6 Å². The average Bonchev–Trinajstić information content (AvgIpc) is 3.39. The smallest absolute Gasteiger partial charge is 0.321 e. The summed E-state index contributed by atoms with van der Waals surface area (Å²) in [6.45, 7) is 8.47. The number of carbonyl (C=O) groups is 1. The van der Waals surface area contributed by atoms with Crippen molar-refractivity contribution < 1.29 is 14.1 Å². The minimum atomic E-state index is -0.176. The Hall–Kier alpha value is -3.20. The summed E-state index contributed by atoms with van der Waals surface area (Å²) < 4.78 is 13.1. The summed E-state index contributed by atoms with van der Waals surface area (Å²) >= 11 is 0. The van der Waals surface area contributed by atoms with Crippen LogP contribution in [0.4, 0.5) is 10.5 Å². The summed E-state index contributed by atoms with van der Waals surface area (Å²) in [5.41, 5.74) is 5.82. The highest BCUT2D eigenvalue weighted by atomic mass is 16.5. The minimum Gasteiger partial charge on any atom is -0.376 e. The number of carbonyl (C=O) groups excluding carboxylic acids is 1. The highest BCUT2D eigenvalue weighted by molar-refractivity contribution is 5.90. The van der Waals surface area contributed by atoms with Crippen LogP contribution in [-0.2, 0) is 30.7 Å². The fourth-order valence-electron chi connectivity index (χ4n) is 3.64. The molecule has 0 aliphatic carbocycles. The van der Waals surface area contributed by atoms with Crippen LogP contribution >= 0.6 is 0 Å². The highest BCUT2D eigenvalue weighted by Gasteiger charge is 2.25. The first-order valence-electron chi connectivity index (χ1n) is 10.5. The van der Waals surface area contributed by atoms with Crippen LogP contribution < -0.4 is 5.32 Å². The van der Waals surface area contributed by atoms with Crippen molar-refractivity contribution in [1.82, 2.24) is 24.8 Å². The van der Waals surface area contributed by atoms with E-state index in [-0.39, 0.29) is 6.03 Å². The maximum absolute atomic E-state index is 12.5. The number of benzene rings is 1. The summed E-state index contributed by atoms with van der Waals surface area (Å²) in [6.07, 6.45) is 1.31. The second-order valence-corrected chi connectivity index (χ2v) is 7.83. The van der Waals surface area contributed by atoms with Crippen LogP contribution in [0, 0.1) is 13.8 Å². The SMILES string of the molecule is CCn1nc(-c2nc(CCN(C)C(=O)Nc3cc(C)ccc3C)no2)c2c1CCOC2. The van der Waals surface area contributed by atoms with Crippen molar-refractivity contribution in [2.75, 3.05) is 25.5 Å². The summed E-state index contributed by atoms with van der Waals surface area (Å²) in [7, 11) is 1.75. The molecule has 0 bridgehead atoms. The van der Waals surface area contributed by atoms with Crippen molar-refractivity contribution in [2.45, 2.75) is 46.8 Å². The first kappa shape index (κ1) is 21.0. The van der Waals surface area contributed by atoms with E-state index in [4.69, 9.17) is 9.26 Å². The van der Waals surface area contributed by atoms with Gasteiger partial charge in [-0.05, 0) is 38.0 Å². The normalized spacial score (nSPS) is 13.2. The van der Waals surface area contributed by atoms with Gasteiger partial charge in [0.05, 0.1) is 13.2 Å². The second kappa shape index (κ2) is 8.89. The molecule has 3 heterocycles. The molecule has 164 valence electrons. The lowest BCUT2D eigenvalue weighted by Crippen LogP contribution is -2.33. The van der Waals surface area contributed by atoms with Crippen LogP contribution in [0.3, 0.4) is 0 Å². The largest absolute Gasteiger partial charge is 0.376 e. The molecule has 0 unspecified atom stereocenters. The molecule has 0 saturated carbocycles. The van der Waals surface area contributed by atoms with E-state index in [0.717, 1.165) is 35.3 Å². The number of anilines is 1. The molecule has 0 radical (unpaired) electrons. The van der Waals surface area contributed by atoms with Crippen molar-refractivity contribution in [1.29, 1.82) is 0 Å². The number of aromatic nitrogens is 4. The Morgan fingerprint density at radius 2 is 2.16 bits per heavy atom. The quantitative estimate of drug-likeness (QED) is 0.652. The van der Waals surface area contributed by atoms with Gasteiger partial charge in [0, 0.05) is 49.9 Å². The van der Waals surface area contributed by atoms with Gasteiger partial charge in [-0.15, -0.1) is 0 Å². The van der Waals surface area contributed by atoms with E-state index in [1.807, 2.05) is 36.7 Å². The number of aryl methyl sites for hydroxylation is 3. The summed E-state index contributed by atoms with van der Waals surface area (Å²) in [5.74, 6) is 0.935. The zero-order valence-corrected chi connectivity index (χ0v) is 18.4. The number of hydrogen-bond acceptors (Lipinski definition) is 6. The number of hydrogen-bond donors (Lipinski definition) is 1. The maximum Gasteiger partial charge on any atom is 0.321 e. The van der Waals surface area contributed by atoms with Crippen LogP contribution in [0.1, 0.15) is 35.1 Å². The lowest BCUT2D eigenvalue weighted by atomic mass is 10.1. The number of rotatable bonds is 6. The molecule has 31 heavy (non-hydrogen) atoms. The topological polar surface area (TPSA) is 98.3 Å². The molecule has 2 aromatic heterocycles. The summed E-state index contributed by atoms with van der Waals surface area (Å²) in [5, 5.41) is 11.7. The van der Waals surface area contributed by atoms with E-state index < -0.39 is 0 Å². The maximum atomic E-state index is 12.5. The van der Waals surface area contributed by atoms with Crippen LogP contribution in [-0.4, -0.2) is 51.1 Å². The number of likely N-dealkylation sites (N-methyl/N-ethyl adjacent to an activating group) is 1. The first-order valence-corrected chi connectivity index (χ1v) is 10.5. The third kappa shape index (κ3) is 4.46. The Morgan fingerprint density at radius 1 is 1.32 bits per heavy atom. The first-order chi connectivity index (χ1) is 15.0. The van der Waals surface area contributed by atoms with Crippen molar-refractivity contribution in [3.63, 3.8) is 0 Å². The Morgan fingerprint density at radius 3 is 2.97 bits per heavy atom. The van der Waals surface area contributed by atoms with Gasteiger partial charge in [0.2, 0.25) is 0 Å². The third-order valence-corrected chi connectivity index (χ3v) is 5.52. The zero-order valence-electron chi connectivity index (χ0n) is 18.4. The van der Waals surface area contributed by atoms with E-state index in [9.17, 15) is 4.79 Å². The molecule has 1 aliphatic rings. The monoisotopic (exact) mass is 424 g/mol. The highest BCUT2D eigenvalue weighted by Crippen LogP contribution is 2.28. The van der Waals surface area contributed by atoms with Gasteiger partial charge in [-0.2, -0.15) is 10.1 Å². The van der Waals surface area contributed by atoms with E-state index in [2.05, 4.69) is 27.5 Å². The zero-order chi connectivity index (χ0) is 22.0. The van der Waals surface area contributed by atoms with E-state index in [1.54, 1.807) is 11.9 Å². The van der Waals surface area contributed by atoms with Crippen LogP contribution in [0.25, 0.3) is 11.6 Å². The Bertz CT molecular complexity index is 1090. The van der Waals surface area contributed by atoms with Gasteiger partial charge in [0.1, 0.15) is 0 Å². The van der Waals surface area contributed by atoms with Gasteiger partial charge in [-0.1, -0.05) is 17.3 Å². The van der Waals surface area contributed by atoms with Crippen molar-refractivity contribution in [2.24, 2.45) is 0 Å². The van der Waals surface area contributed by atoms with E-state index in [1.165, 1.54) is 5.69 Å². The van der Waals surface area contributed by atoms with Gasteiger partial charge < -0.3 is 19.5 Å². The predicted molar refractivity (Wildman–Crippen MR) is 116 cm³/mol. The molecule has 0 spiro atoms. The Labute approximate surface area is 181 Å². The number of ether oxygens (including phenoxy) is 1. The van der Waals surface area contributed by atoms with Crippen LogP contribution in [0.15, 0.2) is 22.7 Å². The number of amides is 2. The molecule has 4 rings (SSSR count). The molecule has 3 aromatic rings. The molecule has 9 heteroatoms.